The third kappa shape index (κ3) is 4.81. The van der Waals surface area contributed by atoms with Crippen molar-refractivity contribution < 1.29 is 14.2 Å². The fraction of sp³-hybridized carbons (Fsp3) is 0.208. The topological polar surface area (TPSA) is 47.3 Å². The van der Waals surface area contributed by atoms with Gasteiger partial charge in [0.2, 0.25) is 0 Å². The lowest BCUT2D eigenvalue weighted by Crippen LogP contribution is -2.24. The zero-order chi connectivity index (χ0) is 20.1. The molecule has 0 amide bonds. The molecule has 1 heterocycles. The minimum atomic E-state index is -0.715. The molecular weight excluding hydrogens is 367 g/mol. The smallest absolute Gasteiger partial charge is 0.123 e. The number of fused-ring (bicyclic) bond motifs is 1. The highest BCUT2D eigenvalue weighted by Crippen LogP contribution is 2.19. The number of imidazole rings is 1. The van der Waals surface area contributed by atoms with Crippen LogP contribution in [0.15, 0.2) is 78.9 Å². The summed E-state index contributed by atoms with van der Waals surface area (Å²) >= 11 is 0. The van der Waals surface area contributed by atoms with Gasteiger partial charge in [-0.25, -0.2) is 9.37 Å². The van der Waals surface area contributed by atoms with Crippen LogP contribution in [0.5, 0.6) is 5.75 Å². The largest absolute Gasteiger partial charge is 0.491 e. The van der Waals surface area contributed by atoms with Crippen molar-refractivity contribution in [3.63, 3.8) is 0 Å². The average molecular weight is 390 g/mol. The van der Waals surface area contributed by atoms with Crippen molar-refractivity contribution in [2.45, 2.75) is 25.5 Å². The molecule has 3 aromatic carbocycles. The van der Waals surface area contributed by atoms with Crippen LogP contribution in [0.25, 0.3) is 11.0 Å². The van der Waals surface area contributed by atoms with Gasteiger partial charge in [0.1, 0.15) is 30.1 Å². The number of halogens is 1. The molecule has 0 spiro atoms. The molecule has 5 heteroatoms. The molecular formula is C24H23FN2O2. The maximum Gasteiger partial charge on any atom is 0.123 e. The summed E-state index contributed by atoms with van der Waals surface area (Å²) in [6, 6.07) is 24.0. The second kappa shape index (κ2) is 8.88. The molecule has 0 aliphatic carbocycles. The van der Waals surface area contributed by atoms with Gasteiger partial charge < -0.3 is 14.4 Å². The van der Waals surface area contributed by atoms with E-state index in [9.17, 15) is 9.50 Å². The molecule has 0 bridgehead atoms. The summed E-state index contributed by atoms with van der Waals surface area (Å²) in [6.45, 7) is 0.502. The van der Waals surface area contributed by atoms with Gasteiger partial charge in [0.25, 0.3) is 0 Å². The summed E-state index contributed by atoms with van der Waals surface area (Å²) in [6.07, 6.45) is 0.949. The SMILES string of the molecule is O[C@@H](COc1ccc(F)cc1)Cn1c(CCc2ccccc2)nc2ccccc21. The Labute approximate surface area is 169 Å². The standard InChI is InChI=1S/C24H23FN2O2/c25-19-11-13-21(14-12-19)29-17-20(28)16-27-23-9-5-4-8-22(23)26-24(27)15-10-18-6-2-1-3-7-18/h1-9,11-14,20,28H,10,15-17H2/t20-/m1/s1. The fourth-order valence-electron chi connectivity index (χ4n) is 3.41. The molecule has 1 atom stereocenters. The first-order valence-electron chi connectivity index (χ1n) is 9.73. The van der Waals surface area contributed by atoms with E-state index in [0.29, 0.717) is 12.3 Å². The Hall–Kier alpha value is -3.18. The predicted molar refractivity (Wildman–Crippen MR) is 111 cm³/mol. The molecule has 4 nitrogen and oxygen atoms in total. The summed E-state index contributed by atoms with van der Waals surface area (Å²) in [5, 5.41) is 10.6. The number of aromatic nitrogens is 2. The van der Waals surface area contributed by atoms with Crippen molar-refractivity contribution in [2.24, 2.45) is 0 Å². The number of benzene rings is 3. The van der Waals surface area contributed by atoms with E-state index < -0.39 is 6.10 Å². The number of para-hydroxylation sites is 2. The van der Waals surface area contributed by atoms with E-state index >= 15 is 0 Å². The summed E-state index contributed by atoms with van der Waals surface area (Å²) in [5.74, 6) is 1.16. The first kappa shape index (κ1) is 19.2. The molecule has 1 aromatic heterocycles. The van der Waals surface area contributed by atoms with Crippen molar-refractivity contribution in [3.05, 3.63) is 96.1 Å². The monoisotopic (exact) mass is 390 g/mol. The third-order valence-electron chi connectivity index (χ3n) is 4.86. The van der Waals surface area contributed by atoms with E-state index in [1.807, 2.05) is 42.5 Å². The predicted octanol–water partition coefficient (Wildman–Crippen LogP) is 4.40. The van der Waals surface area contributed by atoms with Crippen LogP contribution in [0.1, 0.15) is 11.4 Å². The van der Waals surface area contributed by atoms with E-state index in [0.717, 1.165) is 29.7 Å². The summed E-state index contributed by atoms with van der Waals surface area (Å²) < 4.78 is 20.7. The number of hydrogen-bond acceptors (Lipinski definition) is 3. The summed E-state index contributed by atoms with van der Waals surface area (Å²) in [5.41, 5.74) is 3.17. The van der Waals surface area contributed by atoms with Crippen LogP contribution in [0.4, 0.5) is 4.39 Å². The van der Waals surface area contributed by atoms with E-state index in [4.69, 9.17) is 9.72 Å². The Morgan fingerprint density at radius 1 is 0.897 bits per heavy atom. The molecule has 0 radical (unpaired) electrons. The molecule has 0 aliphatic rings. The molecule has 0 saturated heterocycles. The van der Waals surface area contributed by atoms with Gasteiger partial charge in [-0.3, -0.25) is 0 Å². The van der Waals surface area contributed by atoms with Crippen molar-refractivity contribution in [1.82, 2.24) is 9.55 Å². The normalized spacial score (nSPS) is 12.2. The molecule has 4 rings (SSSR count). The summed E-state index contributed by atoms with van der Waals surface area (Å²) in [4.78, 5) is 4.78. The Morgan fingerprint density at radius 3 is 2.41 bits per heavy atom. The second-order valence-electron chi connectivity index (χ2n) is 7.03. The molecule has 0 aliphatic heterocycles. The molecule has 1 N–H and O–H groups in total. The van der Waals surface area contributed by atoms with Gasteiger partial charge >= 0.3 is 0 Å². The molecule has 0 fully saturated rings. The molecule has 148 valence electrons. The van der Waals surface area contributed by atoms with E-state index in [1.54, 1.807) is 12.1 Å². The number of nitrogens with zero attached hydrogens (tertiary/aromatic N) is 2. The van der Waals surface area contributed by atoms with Crippen molar-refractivity contribution in [2.75, 3.05) is 6.61 Å². The number of hydrogen-bond donors (Lipinski definition) is 1. The number of rotatable bonds is 8. The van der Waals surface area contributed by atoms with Crippen molar-refractivity contribution >= 4 is 11.0 Å². The van der Waals surface area contributed by atoms with Gasteiger partial charge in [-0.15, -0.1) is 0 Å². The Morgan fingerprint density at radius 2 is 1.62 bits per heavy atom. The van der Waals surface area contributed by atoms with E-state index in [-0.39, 0.29) is 12.4 Å². The van der Waals surface area contributed by atoms with Gasteiger partial charge in [0.15, 0.2) is 0 Å². The first-order chi connectivity index (χ1) is 14.2. The van der Waals surface area contributed by atoms with E-state index in [2.05, 4.69) is 16.7 Å². The highest BCUT2D eigenvalue weighted by Gasteiger charge is 2.15. The maximum atomic E-state index is 13.0. The number of aliphatic hydroxyl groups excluding tert-OH is 1. The second-order valence-corrected chi connectivity index (χ2v) is 7.03. The van der Waals surface area contributed by atoms with E-state index in [1.165, 1.54) is 17.7 Å². The fourth-order valence-corrected chi connectivity index (χ4v) is 3.41. The maximum absolute atomic E-state index is 13.0. The minimum Gasteiger partial charge on any atom is -0.491 e. The minimum absolute atomic E-state index is 0.121. The van der Waals surface area contributed by atoms with Crippen LogP contribution >= 0.6 is 0 Å². The highest BCUT2D eigenvalue weighted by atomic mass is 19.1. The molecule has 0 saturated carbocycles. The van der Waals surface area contributed by atoms with Gasteiger partial charge in [0, 0.05) is 6.42 Å². The number of aliphatic hydroxyl groups is 1. The summed E-state index contributed by atoms with van der Waals surface area (Å²) in [7, 11) is 0. The van der Waals surface area contributed by atoms with Gasteiger partial charge in [-0.1, -0.05) is 42.5 Å². The van der Waals surface area contributed by atoms with Crippen LogP contribution in [-0.4, -0.2) is 27.4 Å². The number of ether oxygens (including phenoxy) is 1. The van der Waals surface area contributed by atoms with Gasteiger partial charge in [0.05, 0.1) is 17.6 Å². The van der Waals surface area contributed by atoms with Crippen molar-refractivity contribution in [3.8, 4) is 5.75 Å². The quantitative estimate of drug-likeness (QED) is 0.485. The number of aryl methyl sites for hydroxylation is 2. The van der Waals surface area contributed by atoms with Gasteiger partial charge in [-0.05, 0) is 48.4 Å². The molecule has 0 unspecified atom stereocenters. The van der Waals surface area contributed by atoms with Crippen LogP contribution in [0.2, 0.25) is 0 Å². The highest BCUT2D eigenvalue weighted by molar-refractivity contribution is 5.75. The first-order valence-corrected chi connectivity index (χ1v) is 9.73. The zero-order valence-electron chi connectivity index (χ0n) is 16.0. The lowest BCUT2D eigenvalue weighted by Gasteiger charge is -2.16. The van der Waals surface area contributed by atoms with Crippen LogP contribution in [0.3, 0.4) is 0 Å². The van der Waals surface area contributed by atoms with Crippen LogP contribution < -0.4 is 4.74 Å². The van der Waals surface area contributed by atoms with Gasteiger partial charge in [-0.2, -0.15) is 0 Å². The molecule has 4 aromatic rings. The average Bonchev–Trinajstić information content (AvgIpc) is 3.10. The lowest BCUT2D eigenvalue weighted by atomic mass is 10.1. The van der Waals surface area contributed by atoms with Crippen LogP contribution in [0, 0.1) is 5.82 Å². The Balaban J connectivity index is 1.48. The Kier molecular flexibility index (Phi) is 5.86. The Bertz CT molecular complexity index is 1060. The lowest BCUT2D eigenvalue weighted by molar-refractivity contribution is 0.0927. The van der Waals surface area contributed by atoms with Crippen molar-refractivity contribution in [1.29, 1.82) is 0 Å². The third-order valence-corrected chi connectivity index (χ3v) is 4.86. The zero-order valence-corrected chi connectivity index (χ0v) is 16.0. The van der Waals surface area contributed by atoms with Crippen LogP contribution in [-0.2, 0) is 19.4 Å². The molecule has 29 heavy (non-hydrogen) atoms.